The summed E-state index contributed by atoms with van der Waals surface area (Å²) in [5.41, 5.74) is 1.19. The van der Waals surface area contributed by atoms with Crippen LogP contribution in [0.2, 0.25) is 0 Å². The molecule has 0 radical (unpaired) electrons. The van der Waals surface area contributed by atoms with Crippen LogP contribution in [0.25, 0.3) is 0 Å². The van der Waals surface area contributed by atoms with E-state index in [1.165, 1.54) is 5.56 Å². The molecule has 1 heterocycles. The van der Waals surface area contributed by atoms with Crippen molar-refractivity contribution in [3.05, 3.63) is 29.8 Å². The van der Waals surface area contributed by atoms with Gasteiger partial charge in [-0.15, -0.1) is 0 Å². The van der Waals surface area contributed by atoms with Gasteiger partial charge in [0.05, 0.1) is 6.54 Å². The standard InChI is InChI=1S/C19H29N3O3/c1-15-2-6-18(7-3-15)25-14-17(23)12-21-8-10-22(11-9-21)13-19(24)20-16-4-5-16/h2-3,6-7,16-17,23H,4-5,8-14H2,1H3,(H,20,24)/t17-/m0/s1. The van der Waals surface area contributed by atoms with Gasteiger partial charge in [0.15, 0.2) is 0 Å². The topological polar surface area (TPSA) is 65.0 Å². The first-order chi connectivity index (χ1) is 12.1. The van der Waals surface area contributed by atoms with Gasteiger partial charge < -0.3 is 15.2 Å². The van der Waals surface area contributed by atoms with Crippen LogP contribution >= 0.6 is 0 Å². The van der Waals surface area contributed by atoms with E-state index in [4.69, 9.17) is 4.74 Å². The molecule has 1 saturated heterocycles. The summed E-state index contributed by atoms with van der Waals surface area (Å²) in [6.45, 7) is 6.90. The molecular weight excluding hydrogens is 318 g/mol. The number of piperazine rings is 1. The normalized spacial score (nSPS) is 20.2. The molecule has 2 fully saturated rings. The third-order valence-corrected chi connectivity index (χ3v) is 4.71. The highest BCUT2D eigenvalue weighted by Crippen LogP contribution is 2.18. The number of aliphatic hydroxyl groups is 1. The van der Waals surface area contributed by atoms with Gasteiger partial charge in [0.2, 0.25) is 5.91 Å². The summed E-state index contributed by atoms with van der Waals surface area (Å²) in [7, 11) is 0. The fourth-order valence-corrected chi connectivity index (χ4v) is 3.01. The second-order valence-electron chi connectivity index (χ2n) is 7.20. The van der Waals surface area contributed by atoms with Crippen molar-refractivity contribution in [2.75, 3.05) is 45.9 Å². The summed E-state index contributed by atoms with van der Waals surface area (Å²) in [5.74, 6) is 0.929. The first-order valence-corrected chi connectivity index (χ1v) is 9.20. The average molecular weight is 347 g/mol. The summed E-state index contributed by atoms with van der Waals surface area (Å²) in [6.07, 6.45) is 1.75. The quantitative estimate of drug-likeness (QED) is 0.722. The second kappa shape index (κ2) is 8.65. The fraction of sp³-hybridized carbons (Fsp3) is 0.632. The molecule has 2 N–H and O–H groups in total. The van der Waals surface area contributed by atoms with Crippen molar-refractivity contribution in [2.24, 2.45) is 0 Å². The van der Waals surface area contributed by atoms with E-state index < -0.39 is 6.10 Å². The third kappa shape index (κ3) is 6.30. The number of hydrogen-bond acceptors (Lipinski definition) is 5. The van der Waals surface area contributed by atoms with Gasteiger partial charge in [0, 0.05) is 38.8 Å². The van der Waals surface area contributed by atoms with Crippen LogP contribution in [-0.2, 0) is 4.79 Å². The number of amides is 1. The smallest absolute Gasteiger partial charge is 0.234 e. The van der Waals surface area contributed by atoms with Crippen molar-refractivity contribution < 1.29 is 14.6 Å². The van der Waals surface area contributed by atoms with Crippen LogP contribution in [-0.4, -0.2) is 78.8 Å². The van der Waals surface area contributed by atoms with Crippen LogP contribution in [0.4, 0.5) is 0 Å². The zero-order chi connectivity index (χ0) is 17.6. The molecule has 1 aromatic rings. The summed E-state index contributed by atoms with van der Waals surface area (Å²) >= 11 is 0. The molecule has 2 aliphatic rings. The van der Waals surface area contributed by atoms with Gasteiger partial charge in [-0.1, -0.05) is 17.7 Å². The van der Waals surface area contributed by atoms with E-state index in [-0.39, 0.29) is 5.91 Å². The molecule has 0 spiro atoms. The van der Waals surface area contributed by atoms with E-state index in [1.54, 1.807) is 0 Å². The van der Waals surface area contributed by atoms with Crippen LogP contribution in [0.15, 0.2) is 24.3 Å². The highest BCUT2D eigenvalue weighted by Gasteiger charge is 2.25. The van der Waals surface area contributed by atoms with Gasteiger partial charge >= 0.3 is 0 Å². The average Bonchev–Trinajstić information content (AvgIpc) is 3.40. The number of benzene rings is 1. The molecule has 25 heavy (non-hydrogen) atoms. The largest absolute Gasteiger partial charge is 0.491 e. The maximum atomic E-state index is 11.8. The summed E-state index contributed by atoms with van der Waals surface area (Å²) in [4.78, 5) is 16.3. The number of nitrogens with one attached hydrogen (secondary N) is 1. The lowest BCUT2D eigenvalue weighted by Crippen LogP contribution is -2.51. The number of aliphatic hydroxyl groups excluding tert-OH is 1. The van der Waals surface area contributed by atoms with Gasteiger partial charge in [-0.3, -0.25) is 14.6 Å². The lowest BCUT2D eigenvalue weighted by molar-refractivity contribution is -0.122. The van der Waals surface area contributed by atoms with E-state index in [0.29, 0.717) is 25.7 Å². The van der Waals surface area contributed by atoms with Gasteiger partial charge in [-0.25, -0.2) is 0 Å². The lowest BCUT2D eigenvalue weighted by atomic mass is 10.2. The number of hydrogen-bond donors (Lipinski definition) is 2. The van der Waals surface area contributed by atoms with Crippen LogP contribution in [0.5, 0.6) is 5.75 Å². The molecule has 1 aromatic carbocycles. The fourth-order valence-electron chi connectivity index (χ4n) is 3.01. The summed E-state index contributed by atoms with van der Waals surface area (Å²) < 4.78 is 5.64. The number of nitrogens with zero attached hydrogens (tertiary/aromatic N) is 2. The SMILES string of the molecule is Cc1ccc(OC[C@@H](O)CN2CCN(CC(=O)NC3CC3)CC2)cc1. The van der Waals surface area contributed by atoms with E-state index >= 15 is 0 Å². The van der Waals surface area contributed by atoms with Crippen molar-refractivity contribution >= 4 is 5.91 Å². The lowest BCUT2D eigenvalue weighted by Gasteiger charge is -2.35. The van der Waals surface area contributed by atoms with E-state index in [2.05, 4.69) is 15.1 Å². The first kappa shape index (κ1) is 18.2. The van der Waals surface area contributed by atoms with E-state index in [9.17, 15) is 9.90 Å². The molecule has 1 saturated carbocycles. The molecule has 1 atom stereocenters. The molecule has 1 aliphatic carbocycles. The van der Waals surface area contributed by atoms with Crippen LogP contribution in [0, 0.1) is 6.92 Å². The Hall–Kier alpha value is -1.63. The predicted molar refractivity (Wildman–Crippen MR) is 96.7 cm³/mol. The molecule has 138 valence electrons. The van der Waals surface area contributed by atoms with Crippen LogP contribution < -0.4 is 10.1 Å². The van der Waals surface area contributed by atoms with E-state index in [0.717, 1.165) is 44.8 Å². The maximum Gasteiger partial charge on any atom is 0.234 e. The molecule has 0 aromatic heterocycles. The van der Waals surface area contributed by atoms with Gasteiger partial charge in [-0.05, 0) is 31.9 Å². The number of aryl methyl sites for hydroxylation is 1. The summed E-state index contributed by atoms with van der Waals surface area (Å²) in [6, 6.07) is 8.28. The molecule has 6 nitrogen and oxygen atoms in total. The molecule has 1 amide bonds. The zero-order valence-electron chi connectivity index (χ0n) is 15.0. The zero-order valence-corrected chi connectivity index (χ0v) is 15.0. The molecule has 3 rings (SSSR count). The minimum Gasteiger partial charge on any atom is -0.491 e. The predicted octanol–water partition coefficient (Wildman–Crippen LogP) is 0.631. The van der Waals surface area contributed by atoms with Crippen molar-refractivity contribution in [1.82, 2.24) is 15.1 Å². The van der Waals surface area contributed by atoms with E-state index in [1.807, 2.05) is 31.2 Å². The Kier molecular flexibility index (Phi) is 6.29. The molecule has 0 unspecified atom stereocenters. The Morgan fingerprint density at radius 3 is 2.48 bits per heavy atom. The third-order valence-electron chi connectivity index (χ3n) is 4.71. The number of carbonyl (C=O) groups excluding carboxylic acids is 1. The van der Waals surface area contributed by atoms with Crippen molar-refractivity contribution in [2.45, 2.75) is 31.9 Å². The minimum atomic E-state index is -0.508. The molecule has 6 heteroatoms. The van der Waals surface area contributed by atoms with Crippen molar-refractivity contribution in [1.29, 1.82) is 0 Å². The summed E-state index contributed by atoms with van der Waals surface area (Å²) in [5, 5.41) is 13.2. The van der Waals surface area contributed by atoms with Crippen LogP contribution in [0.1, 0.15) is 18.4 Å². The Morgan fingerprint density at radius 1 is 1.20 bits per heavy atom. The van der Waals surface area contributed by atoms with Gasteiger partial charge in [0.25, 0.3) is 0 Å². The number of carbonyl (C=O) groups is 1. The highest BCUT2D eigenvalue weighted by atomic mass is 16.5. The Morgan fingerprint density at radius 2 is 1.84 bits per heavy atom. The van der Waals surface area contributed by atoms with Crippen molar-refractivity contribution in [3.8, 4) is 5.75 Å². The Labute approximate surface area is 149 Å². The number of β-amino-alcohol motifs (C(OH)–C–C–N with tert-alkyl or cyclic N) is 1. The Bertz CT molecular complexity index is 552. The first-order valence-electron chi connectivity index (χ1n) is 9.20. The van der Waals surface area contributed by atoms with Gasteiger partial charge in [-0.2, -0.15) is 0 Å². The Balaban J connectivity index is 1.31. The number of ether oxygens (including phenoxy) is 1. The monoisotopic (exact) mass is 347 g/mol. The van der Waals surface area contributed by atoms with Crippen molar-refractivity contribution in [3.63, 3.8) is 0 Å². The molecule has 1 aliphatic heterocycles. The minimum absolute atomic E-state index is 0.141. The van der Waals surface area contributed by atoms with Crippen LogP contribution in [0.3, 0.4) is 0 Å². The highest BCUT2D eigenvalue weighted by molar-refractivity contribution is 5.78. The molecule has 0 bridgehead atoms. The van der Waals surface area contributed by atoms with Gasteiger partial charge in [0.1, 0.15) is 18.5 Å². The maximum absolute atomic E-state index is 11.8. The second-order valence-corrected chi connectivity index (χ2v) is 7.20. The molecular formula is C19H29N3O3. The number of rotatable bonds is 8.